The molecule has 0 saturated carbocycles. The van der Waals surface area contributed by atoms with E-state index < -0.39 is 0 Å². The van der Waals surface area contributed by atoms with Crippen molar-refractivity contribution in [3.63, 3.8) is 0 Å². The minimum Gasteiger partial charge on any atom is -0.497 e. The van der Waals surface area contributed by atoms with Crippen molar-refractivity contribution in [1.29, 1.82) is 0 Å². The Morgan fingerprint density at radius 1 is 1.19 bits per heavy atom. The van der Waals surface area contributed by atoms with Gasteiger partial charge in [-0.05, 0) is 36.4 Å². The zero-order valence-electron chi connectivity index (χ0n) is 14.6. The Kier molecular flexibility index (Phi) is 4.59. The van der Waals surface area contributed by atoms with Gasteiger partial charge >= 0.3 is 6.03 Å². The lowest BCUT2D eigenvalue weighted by Crippen LogP contribution is -2.37. The van der Waals surface area contributed by atoms with Gasteiger partial charge in [-0.25, -0.2) is 4.79 Å². The summed E-state index contributed by atoms with van der Waals surface area (Å²) in [4.78, 5) is 28.2. The van der Waals surface area contributed by atoms with Crippen molar-refractivity contribution in [2.75, 3.05) is 37.0 Å². The topological polar surface area (TPSA) is 87.7 Å². The molecule has 3 aromatic rings. The second-order valence-corrected chi connectivity index (χ2v) is 6.57. The molecule has 1 saturated heterocycles. The number of methoxy groups -OCH3 is 1. The fourth-order valence-electron chi connectivity index (χ4n) is 3.00. The molecule has 0 unspecified atom stereocenters. The Bertz CT molecular complexity index is 988. The van der Waals surface area contributed by atoms with E-state index in [4.69, 9.17) is 4.74 Å². The van der Waals surface area contributed by atoms with Crippen LogP contribution in [0.3, 0.4) is 0 Å². The Balaban J connectivity index is 1.41. The van der Waals surface area contributed by atoms with Crippen LogP contribution in [0.4, 0.5) is 16.2 Å². The highest BCUT2D eigenvalue weighted by molar-refractivity contribution is 7.00. The van der Waals surface area contributed by atoms with Crippen molar-refractivity contribution >= 4 is 46.1 Å². The standard InChI is InChI=1S/C18H17N5O3S/c1-26-13-7-5-12(6-8-13)23-10-9-22(18(23)25)11-16(24)19-14-3-2-4-15-17(14)21-27-20-15/h2-8H,9-11H2,1H3,(H,19,24). The van der Waals surface area contributed by atoms with Crippen LogP contribution < -0.4 is 15.0 Å². The molecular weight excluding hydrogens is 366 g/mol. The average molecular weight is 383 g/mol. The molecular formula is C18H17N5O3S. The first-order valence-electron chi connectivity index (χ1n) is 8.37. The summed E-state index contributed by atoms with van der Waals surface area (Å²) in [6.45, 7) is 1.00. The largest absolute Gasteiger partial charge is 0.497 e. The van der Waals surface area contributed by atoms with Crippen molar-refractivity contribution in [3.05, 3.63) is 42.5 Å². The van der Waals surface area contributed by atoms with E-state index in [0.29, 0.717) is 24.3 Å². The lowest BCUT2D eigenvalue weighted by Gasteiger charge is -2.18. The Morgan fingerprint density at radius 3 is 2.78 bits per heavy atom. The number of nitrogens with one attached hydrogen (secondary N) is 1. The molecule has 2 aromatic carbocycles. The highest BCUT2D eigenvalue weighted by Crippen LogP contribution is 2.24. The van der Waals surface area contributed by atoms with Crippen LogP contribution in [-0.2, 0) is 4.79 Å². The molecule has 0 bridgehead atoms. The number of hydrogen-bond donors (Lipinski definition) is 1. The first-order chi connectivity index (χ1) is 13.2. The normalized spacial score (nSPS) is 14.0. The number of anilines is 2. The van der Waals surface area contributed by atoms with E-state index in [9.17, 15) is 9.59 Å². The monoisotopic (exact) mass is 383 g/mol. The summed E-state index contributed by atoms with van der Waals surface area (Å²) in [5.41, 5.74) is 2.77. The minimum atomic E-state index is -0.263. The third-order valence-corrected chi connectivity index (χ3v) is 4.92. The molecule has 9 heteroatoms. The number of hydrogen-bond acceptors (Lipinski definition) is 6. The molecule has 0 atom stereocenters. The number of urea groups is 1. The highest BCUT2D eigenvalue weighted by atomic mass is 32.1. The van der Waals surface area contributed by atoms with Gasteiger partial charge in [-0.15, -0.1) is 0 Å². The smallest absolute Gasteiger partial charge is 0.325 e. The molecule has 4 rings (SSSR count). The number of amides is 3. The Labute approximate surface area is 159 Å². The van der Waals surface area contributed by atoms with E-state index in [1.54, 1.807) is 30.2 Å². The van der Waals surface area contributed by atoms with E-state index in [1.807, 2.05) is 24.3 Å². The fourth-order valence-corrected chi connectivity index (χ4v) is 3.55. The predicted molar refractivity (Wildman–Crippen MR) is 103 cm³/mol. The number of fused-ring (bicyclic) bond motifs is 1. The van der Waals surface area contributed by atoms with E-state index in [2.05, 4.69) is 14.1 Å². The quantitative estimate of drug-likeness (QED) is 0.732. The Hall–Kier alpha value is -3.20. The van der Waals surface area contributed by atoms with Gasteiger partial charge in [0.15, 0.2) is 0 Å². The fraction of sp³-hybridized carbons (Fsp3) is 0.222. The van der Waals surface area contributed by atoms with Gasteiger partial charge in [-0.1, -0.05) is 6.07 Å². The Morgan fingerprint density at radius 2 is 2.00 bits per heavy atom. The van der Waals surface area contributed by atoms with E-state index in [-0.39, 0.29) is 18.5 Å². The number of nitrogens with zero attached hydrogens (tertiary/aromatic N) is 4. The molecule has 0 radical (unpaired) electrons. The summed E-state index contributed by atoms with van der Waals surface area (Å²) in [5.74, 6) is 0.466. The van der Waals surface area contributed by atoms with Gasteiger partial charge < -0.3 is 15.0 Å². The van der Waals surface area contributed by atoms with Crippen LogP contribution in [0, 0.1) is 0 Å². The summed E-state index contributed by atoms with van der Waals surface area (Å²) >= 11 is 1.10. The number of ether oxygens (including phenoxy) is 1. The molecule has 1 aliphatic heterocycles. The molecule has 1 fully saturated rings. The maximum Gasteiger partial charge on any atom is 0.325 e. The van der Waals surface area contributed by atoms with Crippen LogP contribution >= 0.6 is 11.7 Å². The predicted octanol–water partition coefficient (Wildman–Crippen LogP) is 2.58. The van der Waals surface area contributed by atoms with Gasteiger partial charge in [-0.2, -0.15) is 8.75 Å². The number of benzene rings is 2. The summed E-state index contributed by atoms with van der Waals surface area (Å²) < 4.78 is 13.5. The molecule has 1 aliphatic rings. The second-order valence-electron chi connectivity index (χ2n) is 6.04. The van der Waals surface area contributed by atoms with Crippen molar-refractivity contribution in [3.8, 4) is 5.75 Å². The summed E-state index contributed by atoms with van der Waals surface area (Å²) in [6.07, 6.45) is 0. The molecule has 8 nitrogen and oxygen atoms in total. The first kappa shape index (κ1) is 17.2. The zero-order chi connectivity index (χ0) is 18.8. The van der Waals surface area contributed by atoms with E-state index in [0.717, 1.165) is 28.7 Å². The van der Waals surface area contributed by atoms with Crippen molar-refractivity contribution in [1.82, 2.24) is 13.6 Å². The number of carbonyl (C=O) groups is 2. The van der Waals surface area contributed by atoms with Crippen LogP contribution in [0.1, 0.15) is 0 Å². The van der Waals surface area contributed by atoms with Gasteiger partial charge in [0.2, 0.25) is 5.91 Å². The van der Waals surface area contributed by atoms with Gasteiger partial charge in [-0.3, -0.25) is 9.69 Å². The molecule has 1 aromatic heterocycles. The molecule has 0 spiro atoms. The SMILES string of the molecule is COc1ccc(N2CCN(CC(=O)Nc3cccc4nsnc34)C2=O)cc1. The molecule has 1 N–H and O–H groups in total. The highest BCUT2D eigenvalue weighted by Gasteiger charge is 2.30. The van der Waals surface area contributed by atoms with Crippen LogP contribution in [0.2, 0.25) is 0 Å². The van der Waals surface area contributed by atoms with Crippen molar-refractivity contribution < 1.29 is 14.3 Å². The van der Waals surface area contributed by atoms with E-state index >= 15 is 0 Å². The third-order valence-electron chi connectivity index (χ3n) is 4.37. The molecule has 138 valence electrons. The molecule has 27 heavy (non-hydrogen) atoms. The van der Waals surface area contributed by atoms with Crippen LogP contribution in [0.5, 0.6) is 5.75 Å². The van der Waals surface area contributed by atoms with Crippen molar-refractivity contribution in [2.45, 2.75) is 0 Å². The lowest BCUT2D eigenvalue weighted by molar-refractivity contribution is -0.116. The van der Waals surface area contributed by atoms with Crippen LogP contribution in [-0.4, -0.2) is 52.3 Å². The zero-order valence-corrected chi connectivity index (χ0v) is 15.4. The van der Waals surface area contributed by atoms with Gasteiger partial charge in [0.25, 0.3) is 0 Å². The molecule has 2 heterocycles. The lowest BCUT2D eigenvalue weighted by atomic mass is 10.2. The summed E-state index contributed by atoms with van der Waals surface area (Å²) in [5, 5.41) is 2.82. The number of aromatic nitrogens is 2. The maximum atomic E-state index is 12.6. The van der Waals surface area contributed by atoms with E-state index in [1.165, 1.54) is 4.90 Å². The second kappa shape index (κ2) is 7.20. The van der Waals surface area contributed by atoms with Crippen LogP contribution in [0.25, 0.3) is 11.0 Å². The average Bonchev–Trinajstić information content (AvgIpc) is 3.30. The van der Waals surface area contributed by atoms with Crippen molar-refractivity contribution in [2.24, 2.45) is 0 Å². The number of carbonyl (C=O) groups excluding carboxylic acids is 2. The molecule has 3 amide bonds. The number of rotatable bonds is 5. The third kappa shape index (κ3) is 3.41. The summed E-state index contributed by atoms with van der Waals surface area (Å²) in [6, 6.07) is 12.5. The first-order valence-corrected chi connectivity index (χ1v) is 9.10. The summed E-state index contributed by atoms with van der Waals surface area (Å²) in [7, 11) is 1.60. The molecule has 0 aliphatic carbocycles. The maximum absolute atomic E-state index is 12.6. The van der Waals surface area contributed by atoms with Gasteiger partial charge in [0, 0.05) is 18.8 Å². The van der Waals surface area contributed by atoms with Crippen LogP contribution in [0.15, 0.2) is 42.5 Å². The van der Waals surface area contributed by atoms with Gasteiger partial charge in [0.1, 0.15) is 23.3 Å². The minimum absolute atomic E-state index is 0.0144. The van der Waals surface area contributed by atoms with Gasteiger partial charge in [0.05, 0.1) is 24.5 Å².